The van der Waals surface area contributed by atoms with Gasteiger partial charge in [0.05, 0.1) is 6.54 Å². The molecular formula is C12H15N3O. The first-order valence-corrected chi connectivity index (χ1v) is 5.40. The molecule has 0 radical (unpaired) electrons. The van der Waals surface area contributed by atoms with E-state index in [4.69, 9.17) is 4.52 Å². The number of rotatable bonds is 4. The van der Waals surface area contributed by atoms with E-state index in [2.05, 4.69) is 15.5 Å². The topological polar surface area (TPSA) is 51.0 Å². The van der Waals surface area contributed by atoms with Crippen LogP contribution in [0.1, 0.15) is 18.3 Å². The summed E-state index contributed by atoms with van der Waals surface area (Å²) in [7, 11) is 0. The highest BCUT2D eigenvalue weighted by atomic mass is 16.5. The second kappa shape index (κ2) is 4.90. The smallest absolute Gasteiger partial charge is 0.257 e. The average Bonchev–Trinajstić information content (AvgIpc) is 2.76. The van der Waals surface area contributed by atoms with E-state index >= 15 is 0 Å². The van der Waals surface area contributed by atoms with Gasteiger partial charge < -0.3 is 9.84 Å². The van der Waals surface area contributed by atoms with Crippen molar-refractivity contribution in [3.8, 4) is 11.5 Å². The molecule has 0 amide bonds. The molecule has 0 aliphatic carbocycles. The highest BCUT2D eigenvalue weighted by Crippen LogP contribution is 2.17. The molecule has 0 saturated carbocycles. The van der Waals surface area contributed by atoms with Gasteiger partial charge in [-0.1, -0.05) is 29.8 Å². The largest absolute Gasteiger partial charge is 0.334 e. The monoisotopic (exact) mass is 217 g/mol. The number of nitrogens with zero attached hydrogens (tertiary/aromatic N) is 2. The van der Waals surface area contributed by atoms with Crippen molar-refractivity contribution in [3.05, 3.63) is 35.7 Å². The van der Waals surface area contributed by atoms with Gasteiger partial charge in [-0.25, -0.2) is 0 Å². The fourth-order valence-electron chi connectivity index (χ4n) is 1.38. The van der Waals surface area contributed by atoms with Gasteiger partial charge in [0.15, 0.2) is 5.82 Å². The van der Waals surface area contributed by atoms with Gasteiger partial charge in [0, 0.05) is 5.56 Å². The number of nitrogens with one attached hydrogen (secondary N) is 1. The average molecular weight is 217 g/mol. The van der Waals surface area contributed by atoms with Crippen LogP contribution in [-0.2, 0) is 6.54 Å². The molecule has 0 fully saturated rings. The third-order valence-electron chi connectivity index (χ3n) is 2.30. The molecule has 0 bridgehead atoms. The van der Waals surface area contributed by atoms with Crippen molar-refractivity contribution in [3.63, 3.8) is 0 Å². The number of aryl methyl sites for hydroxylation is 1. The second-order valence-electron chi connectivity index (χ2n) is 3.66. The maximum absolute atomic E-state index is 5.19. The fourth-order valence-corrected chi connectivity index (χ4v) is 1.38. The summed E-state index contributed by atoms with van der Waals surface area (Å²) in [6.07, 6.45) is 0. The van der Waals surface area contributed by atoms with E-state index in [1.807, 2.05) is 38.1 Å². The van der Waals surface area contributed by atoms with Crippen molar-refractivity contribution in [1.29, 1.82) is 0 Å². The molecule has 16 heavy (non-hydrogen) atoms. The normalized spacial score (nSPS) is 10.6. The Bertz CT molecular complexity index is 448. The predicted octanol–water partition coefficient (Wildman–Crippen LogP) is 2.15. The molecule has 2 aromatic rings. The first-order chi connectivity index (χ1) is 7.79. The van der Waals surface area contributed by atoms with Crippen molar-refractivity contribution in [2.24, 2.45) is 0 Å². The van der Waals surface area contributed by atoms with Gasteiger partial charge >= 0.3 is 0 Å². The zero-order chi connectivity index (χ0) is 11.4. The van der Waals surface area contributed by atoms with Crippen LogP contribution in [-0.4, -0.2) is 16.7 Å². The number of hydrogen-bond acceptors (Lipinski definition) is 4. The van der Waals surface area contributed by atoms with E-state index in [0.717, 1.165) is 12.1 Å². The predicted molar refractivity (Wildman–Crippen MR) is 61.9 cm³/mol. The van der Waals surface area contributed by atoms with Gasteiger partial charge in [-0.15, -0.1) is 0 Å². The van der Waals surface area contributed by atoms with Crippen LogP contribution in [0.3, 0.4) is 0 Å². The molecule has 1 N–H and O–H groups in total. The summed E-state index contributed by atoms with van der Waals surface area (Å²) in [5.41, 5.74) is 2.18. The van der Waals surface area contributed by atoms with Crippen molar-refractivity contribution in [2.75, 3.05) is 6.54 Å². The van der Waals surface area contributed by atoms with Gasteiger partial charge in [0.2, 0.25) is 0 Å². The summed E-state index contributed by atoms with van der Waals surface area (Å²) in [5.74, 6) is 1.27. The lowest BCUT2D eigenvalue weighted by molar-refractivity contribution is 0.420. The quantitative estimate of drug-likeness (QED) is 0.852. The lowest BCUT2D eigenvalue weighted by Gasteiger charge is -1.94. The van der Waals surface area contributed by atoms with Crippen molar-refractivity contribution >= 4 is 0 Å². The molecule has 0 aliphatic rings. The van der Waals surface area contributed by atoms with Crippen LogP contribution in [0.4, 0.5) is 0 Å². The van der Waals surface area contributed by atoms with Crippen LogP contribution in [0.25, 0.3) is 11.5 Å². The molecule has 0 unspecified atom stereocenters. The Morgan fingerprint density at radius 3 is 2.69 bits per heavy atom. The van der Waals surface area contributed by atoms with Crippen LogP contribution in [0.2, 0.25) is 0 Å². The van der Waals surface area contributed by atoms with E-state index in [1.54, 1.807) is 0 Å². The summed E-state index contributed by atoms with van der Waals surface area (Å²) in [6, 6.07) is 8.03. The highest BCUT2D eigenvalue weighted by Gasteiger charge is 2.07. The highest BCUT2D eigenvalue weighted by molar-refractivity contribution is 5.53. The first-order valence-electron chi connectivity index (χ1n) is 5.40. The van der Waals surface area contributed by atoms with Crippen molar-refractivity contribution < 1.29 is 4.52 Å². The maximum atomic E-state index is 5.19. The number of hydrogen-bond donors (Lipinski definition) is 1. The molecule has 84 valence electrons. The van der Waals surface area contributed by atoms with Crippen molar-refractivity contribution in [1.82, 2.24) is 15.5 Å². The fraction of sp³-hybridized carbons (Fsp3) is 0.333. The lowest BCUT2D eigenvalue weighted by Crippen LogP contribution is -2.12. The van der Waals surface area contributed by atoms with Gasteiger partial charge in [-0.05, 0) is 25.6 Å². The SMILES string of the molecule is CCNCc1noc(-c2ccc(C)cc2)n1. The zero-order valence-electron chi connectivity index (χ0n) is 9.53. The van der Waals surface area contributed by atoms with Crippen LogP contribution in [0.5, 0.6) is 0 Å². The van der Waals surface area contributed by atoms with E-state index in [0.29, 0.717) is 18.3 Å². The summed E-state index contributed by atoms with van der Waals surface area (Å²) >= 11 is 0. The maximum Gasteiger partial charge on any atom is 0.257 e. The van der Waals surface area contributed by atoms with Gasteiger partial charge in [-0.3, -0.25) is 0 Å². The number of benzene rings is 1. The minimum Gasteiger partial charge on any atom is -0.334 e. The van der Waals surface area contributed by atoms with E-state index in [9.17, 15) is 0 Å². The minimum atomic E-state index is 0.577. The lowest BCUT2D eigenvalue weighted by atomic mass is 10.1. The molecule has 4 nitrogen and oxygen atoms in total. The number of aromatic nitrogens is 2. The second-order valence-corrected chi connectivity index (χ2v) is 3.66. The Labute approximate surface area is 94.7 Å². The Morgan fingerprint density at radius 2 is 2.00 bits per heavy atom. The molecule has 0 atom stereocenters. The Hall–Kier alpha value is -1.68. The molecule has 2 rings (SSSR count). The molecule has 0 spiro atoms. The molecule has 1 aromatic heterocycles. The first kappa shape index (κ1) is 10.8. The van der Waals surface area contributed by atoms with Crippen molar-refractivity contribution in [2.45, 2.75) is 20.4 Å². The molecule has 0 saturated heterocycles. The minimum absolute atomic E-state index is 0.577. The van der Waals surface area contributed by atoms with Crippen LogP contribution >= 0.6 is 0 Å². The van der Waals surface area contributed by atoms with E-state index < -0.39 is 0 Å². The molecule has 1 heterocycles. The van der Waals surface area contributed by atoms with Crippen LogP contribution in [0, 0.1) is 6.92 Å². The van der Waals surface area contributed by atoms with Gasteiger partial charge in [0.25, 0.3) is 5.89 Å². The van der Waals surface area contributed by atoms with Gasteiger partial charge in [0.1, 0.15) is 0 Å². The van der Waals surface area contributed by atoms with Crippen LogP contribution in [0.15, 0.2) is 28.8 Å². The summed E-state index contributed by atoms with van der Waals surface area (Å²) in [4.78, 5) is 4.31. The standard InChI is InChI=1S/C12H15N3O/c1-3-13-8-11-14-12(16-15-11)10-6-4-9(2)5-7-10/h4-7,13H,3,8H2,1-2H3. The van der Waals surface area contributed by atoms with Gasteiger partial charge in [-0.2, -0.15) is 4.98 Å². The van der Waals surface area contributed by atoms with E-state index in [-0.39, 0.29) is 0 Å². The van der Waals surface area contributed by atoms with Crippen LogP contribution < -0.4 is 5.32 Å². The molecule has 4 heteroatoms. The zero-order valence-corrected chi connectivity index (χ0v) is 9.53. The summed E-state index contributed by atoms with van der Waals surface area (Å²) < 4.78 is 5.19. The molecule has 0 aliphatic heterocycles. The summed E-state index contributed by atoms with van der Waals surface area (Å²) in [5, 5.41) is 7.06. The Kier molecular flexibility index (Phi) is 3.31. The third-order valence-corrected chi connectivity index (χ3v) is 2.30. The Balaban J connectivity index is 2.15. The third kappa shape index (κ3) is 2.46. The molecular weight excluding hydrogens is 202 g/mol. The van der Waals surface area contributed by atoms with E-state index in [1.165, 1.54) is 5.56 Å². The Morgan fingerprint density at radius 1 is 1.25 bits per heavy atom. The molecule has 1 aromatic carbocycles. The summed E-state index contributed by atoms with van der Waals surface area (Å²) in [6.45, 7) is 5.63.